The van der Waals surface area contributed by atoms with Crippen molar-refractivity contribution >= 4 is 23.2 Å². The minimum absolute atomic E-state index is 0.102. The number of carbonyl (C=O) groups excluding carboxylic acids is 2. The van der Waals surface area contributed by atoms with Crippen LogP contribution in [-0.2, 0) is 22.6 Å². The summed E-state index contributed by atoms with van der Waals surface area (Å²) in [5.74, 6) is 0.912. The average molecular weight is 383 g/mol. The molecule has 0 N–H and O–H groups in total. The van der Waals surface area contributed by atoms with Gasteiger partial charge < -0.3 is 9.80 Å². The van der Waals surface area contributed by atoms with E-state index in [-0.39, 0.29) is 17.9 Å². The Kier molecular flexibility index (Phi) is 5.58. The molecule has 0 bridgehead atoms. The summed E-state index contributed by atoms with van der Waals surface area (Å²) in [6.45, 7) is 2.17. The number of hydrogen-bond acceptors (Lipinski definition) is 3. The average Bonchev–Trinajstić information content (AvgIpc) is 3.33. The van der Waals surface area contributed by atoms with Crippen molar-refractivity contribution in [3.05, 3.63) is 58.3 Å². The molecule has 2 aliphatic heterocycles. The number of benzene rings is 1. The summed E-state index contributed by atoms with van der Waals surface area (Å²) < 4.78 is 0. The lowest BCUT2D eigenvalue weighted by Gasteiger charge is -2.35. The van der Waals surface area contributed by atoms with Gasteiger partial charge in [-0.25, -0.2) is 0 Å². The van der Waals surface area contributed by atoms with Gasteiger partial charge >= 0.3 is 0 Å². The highest BCUT2D eigenvalue weighted by Gasteiger charge is 2.38. The molecular formula is C22H26N2O2S. The fraction of sp³-hybridized carbons (Fsp3) is 0.455. The van der Waals surface area contributed by atoms with E-state index in [9.17, 15) is 9.59 Å². The van der Waals surface area contributed by atoms with Crippen molar-refractivity contribution in [3.8, 4) is 0 Å². The Morgan fingerprint density at radius 3 is 2.52 bits per heavy atom. The Hall–Kier alpha value is -2.14. The molecule has 4 nitrogen and oxygen atoms in total. The highest BCUT2D eigenvalue weighted by Crippen LogP contribution is 2.27. The van der Waals surface area contributed by atoms with Crippen LogP contribution < -0.4 is 0 Å². The minimum Gasteiger partial charge on any atom is -0.341 e. The van der Waals surface area contributed by atoms with Crippen LogP contribution in [0.4, 0.5) is 0 Å². The number of thiophene rings is 1. The molecule has 2 fully saturated rings. The third-order valence-electron chi connectivity index (χ3n) is 5.81. The Balaban J connectivity index is 1.35. The molecule has 1 unspecified atom stereocenters. The monoisotopic (exact) mass is 382 g/mol. The van der Waals surface area contributed by atoms with Crippen LogP contribution in [0.25, 0.3) is 0 Å². The Bertz CT molecular complexity index is 767. The van der Waals surface area contributed by atoms with E-state index in [4.69, 9.17) is 0 Å². The maximum absolute atomic E-state index is 13.1. The molecule has 2 aliphatic rings. The molecule has 0 radical (unpaired) electrons. The van der Waals surface area contributed by atoms with Crippen molar-refractivity contribution in [1.29, 1.82) is 0 Å². The fourth-order valence-electron chi connectivity index (χ4n) is 4.25. The summed E-state index contributed by atoms with van der Waals surface area (Å²) in [4.78, 5) is 30.7. The van der Waals surface area contributed by atoms with Crippen LogP contribution in [0.3, 0.4) is 0 Å². The Morgan fingerprint density at radius 1 is 1.04 bits per heavy atom. The SMILES string of the molecule is O=C(C1CCC(=O)N1Cc1ccccc1)N1CCC(Cc2cccs2)CC1. The number of hydrogen-bond donors (Lipinski definition) is 0. The fourth-order valence-corrected chi connectivity index (χ4v) is 5.07. The lowest BCUT2D eigenvalue weighted by atomic mass is 9.92. The van der Waals surface area contributed by atoms with Crippen LogP contribution in [0.1, 0.15) is 36.1 Å². The van der Waals surface area contributed by atoms with Gasteiger partial charge in [-0.2, -0.15) is 0 Å². The summed E-state index contributed by atoms with van der Waals surface area (Å²) >= 11 is 1.82. The largest absolute Gasteiger partial charge is 0.341 e. The molecule has 1 atom stereocenters. The zero-order chi connectivity index (χ0) is 18.6. The highest BCUT2D eigenvalue weighted by atomic mass is 32.1. The summed E-state index contributed by atoms with van der Waals surface area (Å²) in [6.07, 6.45) is 4.38. The van der Waals surface area contributed by atoms with Crippen molar-refractivity contribution in [1.82, 2.24) is 9.80 Å². The normalized spacial score (nSPS) is 21.0. The topological polar surface area (TPSA) is 40.6 Å². The van der Waals surface area contributed by atoms with E-state index < -0.39 is 0 Å². The Labute approximate surface area is 164 Å². The number of nitrogens with zero attached hydrogens (tertiary/aromatic N) is 2. The van der Waals surface area contributed by atoms with E-state index in [2.05, 4.69) is 17.5 Å². The van der Waals surface area contributed by atoms with E-state index >= 15 is 0 Å². The highest BCUT2D eigenvalue weighted by molar-refractivity contribution is 7.09. The van der Waals surface area contributed by atoms with E-state index in [1.807, 2.05) is 46.6 Å². The summed E-state index contributed by atoms with van der Waals surface area (Å²) in [7, 11) is 0. The first-order valence-electron chi connectivity index (χ1n) is 9.85. The van der Waals surface area contributed by atoms with Crippen molar-refractivity contribution in [3.63, 3.8) is 0 Å². The lowest BCUT2D eigenvalue weighted by molar-refractivity contribution is -0.142. The van der Waals surface area contributed by atoms with Crippen LogP contribution in [0.5, 0.6) is 0 Å². The molecule has 4 rings (SSSR count). The second-order valence-electron chi connectivity index (χ2n) is 7.61. The molecule has 0 spiro atoms. The van der Waals surface area contributed by atoms with Gasteiger partial charge in [0, 0.05) is 30.9 Å². The van der Waals surface area contributed by atoms with Crippen LogP contribution in [-0.4, -0.2) is 40.7 Å². The first-order valence-corrected chi connectivity index (χ1v) is 10.7. The molecule has 2 amide bonds. The van der Waals surface area contributed by atoms with Crippen molar-refractivity contribution < 1.29 is 9.59 Å². The quantitative estimate of drug-likeness (QED) is 0.791. The predicted molar refractivity (Wildman–Crippen MR) is 107 cm³/mol. The number of likely N-dealkylation sites (tertiary alicyclic amines) is 2. The van der Waals surface area contributed by atoms with Gasteiger partial charge in [-0.05, 0) is 48.6 Å². The summed E-state index contributed by atoms with van der Waals surface area (Å²) in [5, 5.41) is 2.13. The molecule has 3 heterocycles. The van der Waals surface area contributed by atoms with Gasteiger partial charge in [-0.15, -0.1) is 11.3 Å². The van der Waals surface area contributed by atoms with E-state index in [1.54, 1.807) is 4.90 Å². The number of carbonyl (C=O) groups is 2. The molecule has 27 heavy (non-hydrogen) atoms. The van der Waals surface area contributed by atoms with Crippen LogP contribution in [0, 0.1) is 5.92 Å². The zero-order valence-corrected chi connectivity index (χ0v) is 16.4. The van der Waals surface area contributed by atoms with Gasteiger partial charge in [-0.3, -0.25) is 9.59 Å². The zero-order valence-electron chi connectivity index (χ0n) is 15.5. The third-order valence-corrected chi connectivity index (χ3v) is 6.70. The predicted octanol–water partition coefficient (Wildman–Crippen LogP) is 3.72. The molecule has 2 saturated heterocycles. The summed E-state index contributed by atoms with van der Waals surface area (Å²) in [5.41, 5.74) is 1.08. The molecular weight excluding hydrogens is 356 g/mol. The van der Waals surface area contributed by atoms with Gasteiger partial charge in [-0.1, -0.05) is 36.4 Å². The van der Waals surface area contributed by atoms with Crippen LogP contribution >= 0.6 is 11.3 Å². The number of piperidine rings is 1. The second-order valence-corrected chi connectivity index (χ2v) is 8.65. The standard InChI is InChI=1S/C22H26N2O2S/c25-21-9-8-20(24(21)16-18-5-2-1-3-6-18)22(26)23-12-10-17(11-13-23)15-19-7-4-14-27-19/h1-7,14,17,20H,8-13,15-16H2. The van der Waals surface area contributed by atoms with Gasteiger partial charge in [0.1, 0.15) is 6.04 Å². The molecule has 2 aromatic rings. The first-order chi connectivity index (χ1) is 13.2. The Morgan fingerprint density at radius 2 is 1.81 bits per heavy atom. The van der Waals surface area contributed by atoms with Gasteiger partial charge in [0.25, 0.3) is 0 Å². The summed E-state index contributed by atoms with van der Waals surface area (Å²) in [6, 6.07) is 14.0. The maximum Gasteiger partial charge on any atom is 0.245 e. The molecule has 0 saturated carbocycles. The van der Waals surface area contributed by atoms with Gasteiger partial charge in [0.2, 0.25) is 11.8 Å². The number of rotatable bonds is 5. The van der Waals surface area contributed by atoms with Crippen molar-refractivity contribution in [2.75, 3.05) is 13.1 Å². The van der Waals surface area contributed by atoms with E-state index in [1.165, 1.54) is 4.88 Å². The van der Waals surface area contributed by atoms with Crippen LogP contribution in [0.15, 0.2) is 47.8 Å². The molecule has 1 aromatic carbocycles. The van der Waals surface area contributed by atoms with E-state index in [0.717, 1.165) is 37.9 Å². The second kappa shape index (κ2) is 8.26. The lowest BCUT2D eigenvalue weighted by Crippen LogP contribution is -2.49. The van der Waals surface area contributed by atoms with Gasteiger partial charge in [0.15, 0.2) is 0 Å². The minimum atomic E-state index is -0.286. The number of amides is 2. The molecule has 0 aliphatic carbocycles. The molecule has 142 valence electrons. The maximum atomic E-state index is 13.1. The third kappa shape index (κ3) is 4.24. The first kappa shape index (κ1) is 18.2. The van der Waals surface area contributed by atoms with E-state index in [0.29, 0.717) is 25.3 Å². The van der Waals surface area contributed by atoms with Crippen molar-refractivity contribution in [2.24, 2.45) is 5.92 Å². The van der Waals surface area contributed by atoms with Crippen molar-refractivity contribution in [2.45, 2.75) is 44.7 Å². The van der Waals surface area contributed by atoms with Crippen LogP contribution in [0.2, 0.25) is 0 Å². The molecule has 5 heteroatoms. The van der Waals surface area contributed by atoms with Gasteiger partial charge in [0.05, 0.1) is 0 Å². The molecule has 1 aromatic heterocycles. The smallest absolute Gasteiger partial charge is 0.245 e.